The van der Waals surface area contributed by atoms with E-state index in [1.165, 1.54) is 23.5 Å². The molecule has 1 aromatic carbocycles. The Kier molecular flexibility index (Phi) is 6.16. The first-order valence-corrected chi connectivity index (χ1v) is 10.7. The fourth-order valence-corrected chi connectivity index (χ4v) is 4.20. The molecule has 0 radical (unpaired) electrons. The molecule has 1 aromatic heterocycles. The van der Waals surface area contributed by atoms with Crippen LogP contribution in [0.2, 0.25) is 0 Å². The van der Waals surface area contributed by atoms with E-state index in [1.807, 2.05) is 4.90 Å². The van der Waals surface area contributed by atoms with Crippen molar-refractivity contribution in [2.75, 3.05) is 42.6 Å². The number of thiophene rings is 1. The van der Waals surface area contributed by atoms with Gasteiger partial charge in [0.1, 0.15) is 11.9 Å². The summed E-state index contributed by atoms with van der Waals surface area (Å²) in [6, 6.07) is 6.86. The third-order valence-corrected chi connectivity index (χ3v) is 5.85. The SMILES string of the molecule is CC(=O)NC[C@H]1CN(c2ccc(N3CCN(Cc4ccsc4)NC3)c(F)c2)C(=O)O1. The molecular formula is C20H24FN5O3S. The van der Waals surface area contributed by atoms with Crippen molar-refractivity contribution in [3.63, 3.8) is 0 Å². The Balaban J connectivity index is 1.35. The van der Waals surface area contributed by atoms with Gasteiger partial charge in [0.05, 0.1) is 31.1 Å². The summed E-state index contributed by atoms with van der Waals surface area (Å²) in [5.41, 5.74) is 5.50. The normalized spacial score (nSPS) is 19.8. The smallest absolute Gasteiger partial charge is 0.414 e. The van der Waals surface area contributed by atoms with Gasteiger partial charge in [0.2, 0.25) is 5.91 Å². The van der Waals surface area contributed by atoms with Crippen LogP contribution in [-0.2, 0) is 16.1 Å². The maximum Gasteiger partial charge on any atom is 0.414 e. The first-order valence-electron chi connectivity index (χ1n) is 9.76. The molecule has 0 saturated carbocycles. The number of nitrogens with zero attached hydrogens (tertiary/aromatic N) is 3. The van der Waals surface area contributed by atoms with E-state index in [4.69, 9.17) is 4.74 Å². The molecule has 0 spiro atoms. The van der Waals surface area contributed by atoms with Gasteiger partial charge in [0.15, 0.2) is 0 Å². The van der Waals surface area contributed by atoms with Gasteiger partial charge in [-0.1, -0.05) is 0 Å². The molecule has 160 valence electrons. The molecule has 3 heterocycles. The van der Waals surface area contributed by atoms with Gasteiger partial charge in [0, 0.05) is 26.6 Å². The van der Waals surface area contributed by atoms with E-state index in [0.29, 0.717) is 24.6 Å². The predicted octanol–water partition coefficient (Wildman–Crippen LogP) is 2.13. The Labute approximate surface area is 178 Å². The summed E-state index contributed by atoms with van der Waals surface area (Å²) in [6.45, 7) is 4.68. The molecular weight excluding hydrogens is 409 g/mol. The lowest BCUT2D eigenvalue weighted by atomic mass is 10.2. The first-order chi connectivity index (χ1) is 14.5. The maximum absolute atomic E-state index is 14.9. The van der Waals surface area contributed by atoms with Crippen molar-refractivity contribution in [2.24, 2.45) is 0 Å². The Bertz CT molecular complexity index is 902. The lowest BCUT2D eigenvalue weighted by molar-refractivity contribution is -0.119. The van der Waals surface area contributed by atoms with E-state index in [0.717, 1.165) is 13.1 Å². The van der Waals surface area contributed by atoms with E-state index in [-0.39, 0.29) is 19.0 Å². The van der Waals surface area contributed by atoms with Crippen molar-refractivity contribution in [1.29, 1.82) is 0 Å². The van der Waals surface area contributed by atoms with Gasteiger partial charge in [-0.2, -0.15) is 11.3 Å². The van der Waals surface area contributed by atoms with E-state index in [2.05, 4.69) is 32.6 Å². The van der Waals surface area contributed by atoms with Crippen LogP contribution in [0.5, 0.6) is 0 Å². The minimum absolute atomic E-state index is 0.191. The van der Waals surface area contributed by atoms with Crippen LogP contribution in [0.15, 0.2) is 35.0 Å². The molecule has 2 N–H and O–H groups in total. The second-order valence-electron chi connectivity index (χ2n) is 7.32. The van der Waals surface area contributed by atoms with Crippen LogP contribution < -0.4 is 20.5 Å². The highest BCUT2D eigenvalue weighted by Gasteiger charge is 2.33. The lowest BCUT2D eigenvalue weighted by Gasteiger charge is -2.36. The number of cyclic esters (lactones) is 1. The summed E-state index contributed by atoms with van der Waals surface area (Å²) in [4.78, 5) is 26.5. The summed E-state index contributed by atoms with van der Waals surface area (Å²) in [5.74, 6) is -0.581. The number of nitrogens with one attached hydrogen (secondary N) is 2. The largest absolute Gasteiger partial charge is 0.442 e. The van der Waals surface area contributed by atoms with Crippen LogP contribution >= 0.6 is 11.3 Å². The molecule has 2 aliphatic rings. The predicted molar refractivity (Wildman–Crippen MR) is 113 cm³/mol. The second-order valence-corrected chi connectivity index (χ2v) is 8.10. The van der Waals surface area contributed by atoms with Crippen LogP contribution in [0, 0.1) is 5.82 Å². The number of ether oxygens (including phenoxy) is 1. The number of benzene rings is 1. The molecule has 2 saturated heterocycles. The van der Waals surface area contributed by atoms with Crippen molar-refractivity contribution in [1.82, 2.24) is 15.8 Å². The number of carbonyl (C=O) groups is 2. The highest BCUT2D eigenvalue weighted by Crippen LogP contribution is 2.28. The van der Waals surface area contributed by atoms with Gasteiger partial charge in [-0.15, -0.1) is 0 Å². The second kappa shape index (κ2) is 8.99. The zero-order valence-corrected chi connectivity index (χ0v) is 17.5. The van der Waals surface area contributed by atoms with Gasteiger partial charge in [-0.3, -0.25) is 9.69 Å². The van der Waals surface area contributed by atoms with Crippen LogP contribution in [0.1, 0.15) is 12.5 Å². The molecule has 2 fully saturated rings. The summed E-state index contributed by atoms with van der Waals surface area (Å²) in [7, 11) is 0. The molecule has 2 amide bonds. The number of rotatable bonds is 6. The van der Waals surface area contributed by atoms with Gasteiger partial charge in [-0.05, 0) is 40.6 Å². The van der Waals surface area contributed by atoms with Crippen LogP contribution in [-0.4, -0.2) is 56.0 Å². The molecule has 4 rings (SSSR count). The zero-order valence-electron chi connectivity index (χ0n) is 16.6. The minimum atomic E-state index is -0.541. The monoisotopic (exact) mass is 433 g/mol. The summed E-state index contributed by atoms with van der Waals surface area (Å²) >= 11 is 1.67. The summed E-state index contributed by atoms with van der Waals surface area (Å²) < 4.78 is 20.1. The average Bonchev–Trinajstić information content (AvgIpc) is 3.36. The Morgan fingerprint density at radius 1 is 1.37 bits per heavy atom. The number of hydrogen-bond donors (Lipinski definition) is 2. The lowest BCUT2D eigenvalue weighted by Crippen LogP contribution is -2.54. The van der Waals surface area contributed by atoms with Crippen LogP contribution in [0.3, 0.4) is 0 Å². The summed E-state index contributed by atoms with van der Waals surface area (Å²) in [5, 5.41) is 8.93. The number of amides is 2. The fourth-order valence-electron chi connectivity index (χ4n) is 3.54. The Morgan fingerprint density at radius 2 is 2.23 bits per heavy atom. The third kappa shape index (κ3) is 4.72. The topological polar surface area (TPSA) is 77.2 Å². The highest BCUT2D eigenvalue weighted by atomic mass is 32.1. The number of anilines is 2. The Hall–Kier alpha value is -2.69. The Morgan fingerprint density at radius 3 is 2.90 bits per heavy atom. The standard InChI is InChI=1S/C20H24FN5O3S/c1-14(27)22-9-17-11-26(20(28)29-17)16-2-3-19(18(21)8-16)24-5-6-25(23-13-24)10-15-4-7-30-12-15/h2-4,7-8,12,17,23H,5-6,9-11,13H2,1H3,(H,22,27)/t17-/m0/s1. The van der Waals surface area contributed by atoms with E-state index < -0.39 is 18.0 Å². The third-order valence-electron chi connectivity index (χ3n) is 5.11. The van der Waals surface area contributed by atoms with Crippen molar-refractivity contribution in [3.8, 4) is 0 Å². The number of hydrazine groups is 1. The molecule has 8 nitrogen and oxygen atoms in total. The quantitative estimate of drug-likeness (QED) is 0.727. The van der Waals surface area contributed by atoms with Gasteiger partial charge in [0.25, 0.3) is 0 Å². The molecule has 10 heteroatoms. The summed E-state index contributed by atoms with van der Waals surface area (Å²) in [6.07, 6.45) is -0.995. The average molecular weight is 434 g/mol. The van der Waals surface area contributed by atoms with Crippen molar-refractivity contribution in [2.45, 2.75) is 19.6 Å². The van der Waals surface area contributed by atoms with Gasteiger partial charge < -0.3 is 15.0 Å². The molecule has 2 aliphatic heterocycles. The van der Waals surface area contributed by atoms with E-state index in [9.17, 15) is 14.0 Å². The zero-order chi connectivity index (χ0) is 21.1. The van der Waals surface area contributed by atoms with E-state index in [1.54, 1.807) is 23.5 Å². The number of halogens is 1. The molecule has 2 aromatic rings. The van der Waals surface area contributed by atoms with Crippen molar-refractivity contribution >= 4 is 34.7 Å². The minimum Gasteiger partial charge on any atom is -0.442 e. The van der Waals surface area contributed by atoms with Crippen LogP contribution in [0.4, 0.5) is 20.6 Å². The molecule has 1 atom stereocenters. The maximum atomic E-state index is 14.9. The van der Waals surface area contributed by atoms with Crippen molar-refractivity contribution in [3.05, 3.63) is 46.4 Å². The molecule has 30 heavy (non-hydrogen) atoms. The number of carbonyl (C=O) groups excluding carboxylic acids is 2. The first kappa shape index (κ1) is 20.6. The fraction of sp³-hybridized carbons (Fsp3) is 0.400. The van der Waals surface area contributed by atoms with Crippen LogP contribution in [0.25, 0.3) is 0 Å². The number of hydrogen-bond acceptors (Lipinski definition) is 7. The van der Waals surface area contributed by atoms with Gasteiger partial charge >= 0.3 is 6.09 Å². The van der Waals surface area contributed by atoms with Crippen molar-refractivity contribution < 1.29 is 18.7 Å². The van der Waals surface area contributed by atoms with Gasteiger partial charge in [-0.25, -0.2) is 19.6 Å². The van der Waals surface area contributed by atoms with E-state index >= 15 is 0 Å². The highest BCUT2D eigenvalue weighted by molar-refractivity contribution is 7.07. The molecule has 0 bridgehead atoms. The molecule has 0 aliphatic carbocycles. The molecule has 0 unspecified atom stereocenters.